The van der Waals surface area contributed by atoms with Crippen molar-refractivity contribution in [2.24, 2.45) is 0 Å². The number of anilines is 2. The van der Waals surface area contributed by atoms with Crippen molar-refractivity contribution in [3.05, 3.63) is 23.8 Å². The average Bonchev–Trinajstić information content (AvgIpc) is 3.02. The van der Waals surface area contributed by atoms with Gasteiger partial charge in [0.15, 0.2) is 4.34 Å². The fourth-order valence-electron chi connectivity index (χ4n) is 2.46. The zero-order chi connectivity index (χ0) is 16.1. The summed E-state index contributed by atoms with van der Waals surface area (Å²) < 4.78 is 12.1. The third-order valence-electron chi connectivity index (χ3n) is 3.67. The third-order valence-corrected chi connectivity index (χ3v) is 5.77. The van der Waals surface area contributed by atoms with E-state index in [-0.39, 0.29) is 0 Å². The van der Waals surface area contributed by atoms with Crippen LogP contribution < -0.4 is 10.1 Å². The monoisotopic (exact) mass is 351 g/mol. The highest BCUT2D eigenvalue weighted by atomic mass is 32.2. The number of aromatic nitrogens is 2. The Morgan fingerprint density at radius 3 is 3.09 bits per heavy atom. The summed E-state index contributed by atoms with van der Waals surface area (Å²) in [5.41, 5.74) is 2.08. The van der Waals surface area contributed by atoms with Gasteiger partial charge in [-0.05, 0) is 43.9 Å². The topological polar surface area (TPSA) is 56.3 Å². The molecule has 0 radical (unpaired) electrons. The van der Waals surface area contributed by atoms with Crippen LogP contribution in [0.15, 0.2) is 22.5 Å². The Balaban J connectivity index is 1.59. The highest BCUT2D eigenvalue weighted by Gasteiger charge is 2.15. The van der Waals surface area contributed by atoms with Gasteiger partial charge in [-0.3, -0.25) is 0 Å². The fourth-order valence-corrected chi connectivity index (χ4v) is 4.31. The van der Waals surface area contributed by atoms with E-state index in [1.165, 1.54) is 18.4 Å². The van der Waals surface area contributed by atoms with E-state index in [2.05, 4.69) is 22.4 Å². The molecule has 1 fully saturated rings. The molecule has 0 amide bonds. The van der Waals surface area contributed by atoms with Gasteiger partial charge in [0.05, 0.1) is 18.9 Å². The molecule has 0 spiro atoms. The highest BCUT2D eigenvalue weighted by molar-refractivity contribution is 8.01. The summed E-state index contributed by atoms with van der Waals surface area (Å²) in [7, 11) is 1.67. The van der Waals surface area contributed by atoms with E-state index in [9.17, 15) is 0 Å². The number of ether oxygens (including phenoxy) is 2. The standard InChI is InChI=1S/C16H21N3O2S2/c1-11-6-7-14(20-2)13(9-11)17-15-18-19-16(23-15)22-10-12-5-3-4-8-21-12/h6-7,9,12H,3-5,8,10H2,1-2H3,(H,17,18). The molecule has 1 aromatic heterocycles. The Morgan fingerprint density at radius 2 is 2.30 bits per heavy atom. The number of thioether (sulfide) groups is 1. The van der Waals surface area contributed by atoms with Crippen molar-refractivity contribution in [3.63, 3.8) is 0 Å². The lowest BCUT2D eigenvalue weighted by Crippen LogP contribution is -2.21. The van der Waals surface area contributed by atoms with Crippen molar-refractivity contribution in [1.82, 2.24) is 10.2 Å². The number of methoxy groups -OCH3 is 1. The molecule has 0 aliphatic carbocycles. The van der Waals surface area contributed by atoms with E-state index in [4.69, 9.17) is 9.47 Å². The van der Waals surface area contributed by atoms with Crippen molar-refractivity contribution in [2.45, 2.75) is 36.6 Å². The molecule has 2 heterocycles. The number of rotatable bonds is 6. The van der Waals surface area contributed by atoms with E-state index >= 15 is 0 Å². The third kappa shape index (κ3) is 4.59. The summed E-state index contributed by atoms with van der Waals surface area (Å²) >= 11 is 3.28. The van der Waals surface area contributed by atoms with Gasteiger partial charge in [0.2, 0.25) is 5.13 Å². The van der Waals surface area contributed by atoms with Crippen LogP contribution in [0.3, 0.4) is 0 Å². The molecular weight excluding hydrogens is 330 g/mol. The second-order valence-electron chi connectivity index (χ2n) is 5.50. The highest BCUT2D eigenvalue weighted by Crippen LogP contribution is 2.33. The quantitative estimate of drug-likeness (QED) is 0.785. The van der Waals surface area contributed by atoms with Crippen molar-refractivity contribution < 1.29 is 9.47 Å². The second kappa shape index (κ2) is 7.99. The van der Waals surface area contributed by atoms with Gasteiger partial charge in [-0.1, -0.05) is 29.2 Å². The van der Waals surface area contributed by atoms with Crippen LogP contribution in [0, 0.1) is 6.92 Å². The van der Waals surface area contributed by atoms with Gasteiger partial charge in [-0.25, -0.2) is 0 Å². The SMILES string of the molecule is COc1ccc(C)cc1Nc1nnc(SCC2CCCCO2)s1. The number of aryl methyl sites for hydroxylation is 1. The molecule has 0 saturated carbocycles. The van der Waals surface area contributed by atoms with E-state index in [1.54, 1.807) is 30.2 Å². The molecule has 1 aliphatic heterocycles. The summed E-state index contributed by atoms with van der Waals surface area (Å²) in [4.78, 5) is 0. The Bertz CT molecular complexity index is 642. The number of nitrogens with one attached hydrogen (secondary N) is 1. The number of benzene rings is 1. The average molecular weight is 351 g/mol. The van der Waals surface area contributed by atoms with Gasteiger partial charge < -0.3 is 14.8 Å². The Labute approximate surface area is 144 Å². The largest absolute Gasteiger partial charge is 0.495 e. The van der Waals surface area contributed by atoms with Gasteiger partial charge in [0, 0.05) is 12.4 Å². The molecule has 3 rings (SSSR count). The molecule has 124 valence electrons. The van der Waals surface area contributed by atoms with Crippen LogP contribution in [0.4, 0.5) is 10.8 Å². The van der Waals surface area contributed by atoms with Crippen LogP contribution in [0.2, 0.25) is 0 Å². The molecule has 1 aromatic carbocycles. The zero-order valence-corrected chi connectivity index (χ0v) is 15.0. The maximum atomic E-state index is 5.75. The predicted octanol–water partition coefficient (Wildman–Crippen LogP) is 4.26. The summed E-state index contributed by atoms with van der Waals surface area (Å²) in [6.07, 6.45) is 3.95. The maximum Gasteiger partial charge on any atom is 0.210 e. The molecule has 1 atom stereocenters. The van der Waals surface area contributed by atoms with E-state index in [1.807, 2.05) is 18.2 Å². The summed E-state index contributed by atoms with van der Waals surface area (Å²) in [5, 5.41) is 12.5. The van der Waals surface area contributed by atoms with Gasteiger partial charge in [-0.2, -0.15) is 0 Å². The Kier molecular flexibility index (Phi) is 5.75. The first-order valence-corrected chi connectivity index (χ1v) is 9.54. The van der Waals surface area contributed by atoms with Crippen LogP contribution in [-0.2, 0) is 4.74 Å². The van der Waals surface area contributed by atoms with Crippen LogP contribution in [0.5, 0.6) is 5.75 Å². The minimum atomic E-state index is 0.353. The van der Waals surface area contributed by atoms with Gasteiger partial charge in [0.1, 0.15) is 5.75 Å². The first kappa shape index (κ1) is 16.5. The first-order valence-electron chi connectivity index (χ1n) is 7.74. The Morgan fingerprint density at radius 1 is 1.39 bits per heavy atom. The van der Waals surface area contributed by atoms with Crippen molar-refractivity contribution >= 4 is 33.9 Å². The minimum Gasteiger partial charge on any atom is -0.495 e. The van der Waals surface area contributed by atoms with Gasteiger partial charge in [0.25, 0.3) is 0 Å². The summed E-state index contributed by atoms with van der Waals surface area (Å²) in [5.74, 6) is 1.75. The fraction of sp³-hybridized carbons (Fsp3) is 0.500. The molecule has 1 unspecified atom stereocenters. The predicted molar refractivity (Wildman–Crippen MR) is 95.2 cm³/mol. The molecule has 0 bridgehead atoms. The lowest BCUT2D eigenvalue weighted by molar-refractivity contribution is 0.0315. The van der Waals surface area contributed by atoms with Gasteiger partial charge >= 0.3 is 0 Å². The van der Waals surface area contributed by atoms with E-state index < -0.39 is 0 Å². The van der Waals surface area contributed by atoms with Gasteiger partial charge in [-0.15, -0.1) is 10.2 Å². The van der Waals surface area contributed by atoms with Crippen molar-refractivity contribution in [2.75, 3.05) is 24.8 Å². The number of hydrogen-bond acceptors (Lipinski definition) is 7. The molecule has 7 heteroatoms. The van der Waals surface area contributed by atoms with Crippen molar-refractivity contribution in [1.29, 1.82) is 0 Å². The molecule has 1 aliphatic rings. The second-order valence-corrected chi connectivity index (χ2v) is 7.75. The van der Waals surface area contributed by atoms with Crippen LogP contribution in [0.25, 0.3) is 0 Å². The van der Waals surface area contributed by atoms with Crippen LogP contribution >= 0.6 is 23.1 Å². The molecule has 5 nitrogen and oxygen atoms in total. The molecular formula is C16H21N3O2S2. The Hall–Kier alpha value is -1.31. The minimum absolute atomic E-state index is 0.353. The zero-order valence-electron chi connectivity index (χ0n) is 13.4. The maximum absolute atomic E-state index is 5.75. The van der Waals surface area contributed by atoms with Crippen LogP contribution in [0.1, 0.15) is 24.8 Å². The summed E-state index contributed by atoms with van der Waals surface area (Å²) in [6, 6.07) is 6.02. The lowest BCUT2D eigenvalue weighted by Gasteiger charge is -2.21. The summed E-state index contributed by atoms with van der Waals surface area (Å²) in [6.45, 7) is 2.94. The molecule has 1 saturated heterocycles. The van der Waals surface area contributed by atoms with E-state index in [0.29, 0.717) is 6.10 Å². The molecule has 23 heavy (non-hydrogen) atoms. The normalized spacial score (nSPS) is 17.9. The molecule has 2 aromatic rings. The lowest BCUT2D eigenvalue weighted by atomic mass is 10.1. The molecule has 1 N–H and O–H groups in total. The number of hydrogen-bond donors (Lipinski definition) is 1. The smallest absolute Gasteiger partial charge is 0.210 e. The van der Waals surface area contributed by atoms with Crippen molar-refractivity contribution in [3.8, 4) is 5.75 Å². The number of nitrogens with zero attached hydrogens (tertiary/aromatic N) is 2. The van der Waals surface area contributed by atoms with Crippen LogP contribution in [-0.4, -0.2) is 35.8 Å². The first-order chi connectivity index (χ1) is 11.2. The van der Waals surface area contributed by atoms with E-state index in [0.717, 1.165) is 39.7 Å².